The third-order valence-electron chi connectivity index (χ3n) is 1.78. The van der Waals surface area contributed by atoms with Crippen LogP contribution in [0.4, 0.5) is 0 Å². The number of allylic oxidation sites excluding steroid dienone is 1. The molecular formula is C12H14O2. The summed E-state index contributed by atoms with van der Waals surface area (Å²) in [4.78, 5) is 10.9. The molecule has 0 aliphatic carbocycles. The van der Waals surface area contributed by atoms with Crippen LogP contribution in [-0.4, -0.2) is 12.6 Å². The molecule has 1 aromatic rings. The van der Waals surface area contributed by atoms with Crippen molar-refractivity contribution in [2.75, 3.05) is 6.61 Å². The summed E-state index contributed by atoms with van der Waals surface area (Å²) < 4.78 is 4.96. The molecule has 2 nitrogen and oxygen atoms in total. The maximum Gasteiger partial charge on any atom is 0.330 e. The first-order valence-electron chi connectivity index (χ1n) is 4.66. The van der Waals surface area contributed by atoms with Gasteiger partial charge in [0.05, 0.1) is 6.61 Å². The van der Waals surface area contributed by atoms with E-state index in [0.29, 0.717) is 6.61 Å². The molecule has 1 aromatic carbocycles. The van der Waals surface area contributed by atoms with Gasteiger partial charge in [-0.2, -0.15) is 0 Å². The number of carbonyl (C=O) groups is 1. The van der Waals surface area contributed by atoms with Crippen molar-refractivity contribution < 1.29 is 9.53 Å². The minimum atomic E-state index is -0.275. The van der Waals surface area contributed by atoms with E-state index in [1.54, 1.807) is 13.0 Å². The van der Waals surface area contributed by atoms with Crippen LogP contribution in [0.3, 0.4) is 0 Å². The molecule has 0 spiro atoms. The summed E-state index contributed by atoms with van der Waals surface area (Å²) in [5.41, 5.74) is 1.18. The monoisotopic (exact) mass is 190 g/mol. The third-order valence-corrected chi connectivity index (χ3v) is 1.78. The molecule has 14 heavy (non-hydrogen) atoms. The predicted octanol–water partition coefficient (Wildman–Crippen LogP) is 2.35. The molecule has 0 unspecified atom stereocenters. The Bertz CT molecular complexity index is 301. The molecular weight excluding hydrogens is 176 g/mol. The average Bonchev–Trinajstić information content (AvgIpc) is 2.20. The van der Waals surface area contributed by atoms with Crippen LogP contribution in [0.5, 0.6) is 0 Å². The molecule has 74 valence electrons. The zero-order valence-electron chi connectivity index (χ0n) is 8.27. The van der Waals surface area contributed by atoms with Crippen molar-refractivity contribution in [2.45, 2.75) is 13.3 Å². The number of benzene rings is 1. The number of hydrogen-bond acceptors (Lipinski definition) is 2. The quantitative estimate of drug-likeness (QED) is 0.538. The standard InChI is InChI=1S/C12H14O2/c1-2-6-12(13)14-10-9-11-7-4-3-5-8-11/h2-8H,9-10H2,1H3. The lowest BCUT2D eigenvalue weighted by Gasteiger charge is -2.01. The van der Waals surface area contributed by atoms with Crippen molar-refractivity contribution in [2.24, 2.45) is 0 Å². The van der Waals surface area contributed by atoms with Gasteiger partial charge in [0.1, 0.15) is 0 Å². The van der Waals surface area contributed by atoms with Crippen molar-refractivity contribution >= 4 is 5.97 Å². The maximum atomic E-state index is 10.9. The van der Waals surface area contributed by atoms with Crippen LogP contribution in [0.1, 0.15) is 12.5 Å². The summed E-state index contributed by atoms with van der Waals surface area (Å²) in [6, 6.07) is 9.95. The lowest BCUT2D eigenvalue weighted by molar-refractivity contribution is -0.137. The van der Waals surface area contributed by atoms with Crippen molar-refractivity contribution in [3.8, 4) is 0 Å². The van der Waals surface area contributed by atoms with Gasteiger partial charge in [-0.05, 0) is 12.5 Å². The molecule has 0 amide bonds. The van der Waals surface area contributed by atoms with Gasteiger partial charge in [-0.1, -0.05) is 36.4 Å². The molecule has 0 radical (unpaired) electrons. The highest BCUT2D eigenvalue weighted by Gasteiger charge is 1.96. The molecule has 1 rings (SSSR count). The van der Waals surface area contributed by atoms with Crippen LogP contribution in [-0.2, 0) is 16.0 Å². The summed E-state index contributed by atoms with van der Waals surface area (Å²) >= 11 is 0. The molecule has 2 heteroatoms. The Hall–Kier alpha value is -1.57. The topological polar surface area (TPSA) is 26.3 Å². The lowest BCUT2D eigenvalue weighted by atomic mass is 10.2. The van der Waals surface area contributed by atoms with Crippen molar-refractivity contribution in [1.82, 2.24) is 0 Å². The average molecular weight is 190 g/mol. The zero-order valence-corrected chi connectivity index (χ0v) is 8.27. The number of rotatable bonds is 4. The Labute approximate surface area is 84.2 Å². The van der Waals surface area contributed by atoms with E-state index in [2.05, 4.69) is 0 Å². The van der Waals surface area contributed by atoms with Gasteiger partial charge in [-0.3, -0.25) is 0 Å². The van der Waals surface area contributed by atoms with Crippen LogP contribution in [0.2, 0.25) is 0 Å². The van der Waals surface area contributed by atoms with E-state index in [-0.39, 0.29) is 5.97 Å². The van der Waals surface area contributed by atoms with E-state index in [1.165, 1.54) is 11.6 Å². The number of hydrogen-bond donors (Lipinski definition) is 0. The molecule has 0 atom stereocenters. The molecule has 0 aromatic heterocycles. The first-order chi connectivity index (χ1) is 6.83. The van der Waals surface area contributed by atoms with Crippen LogP contribution in [0.25, 0.3) is 0 Å². The Morgan fingerprint density at radius 2 is 2.07 bits per heavy atom. The second-order valence-corrected chi connectivity index (χ2v) is 2.90. The van der Waals surface area contributed by atoms with Crippen molar-refractivity contribution in [3.63, 3.8) is 0 Å². The van der Waals surface area contributed by atoms with Crippen LogP contribution in [0.15, 0.2) is 42.5 Å². The van der Waals surface area contributed by atoms with Gasteiger partial charge >= 0.3 is 5.97 Å². The zero-order chi connectivity index (χ0) is 10.2. The predicted molar refractivity (Wildman–Crippen MR) is 55.9 cm³/mol. The minimum Gasteiger partial charge on any atom is -0.462 e. The summed E-state index contributed by atoms with van der Waals surface area (Å²) in [6.07, 6.45) is 3.86. The molecule has 0 heterocycles. The van der Waals surface area contributed by atoms with Gasteiger partial charge < -0.3 is 4.74 Å². The first kappa shape index (κ1) is 10.5. The summed E-state index contributed by atoms with van der Waals surface area (Å²) in [6.45, 7) is 2.23. The summed E-state index contributed by atoms with van der Waals surface area (Å²) in [7, 11) is 0. The Balaban J connectivity index is 2.25. The highest BCUT2D eigenvalue weighted by atomic mass is 16.5. The second kappa shape index (κ2) is 5.97. The molecule has 0 N–H and O–H groups in total. The second-order valence-electron chi connectivity index (χ2n) is 2.90. The van der Waals surface area contributed by atoms with Gasteiger partial charge in [0, 0.05) is 12.5 Å². The van der Waals surface area contributed by atoms with E-state index in [4.69, 9.17) is 4.74 Å². The van der Waals surface area contributed by atoms with E-state index < -0.39 is 0 Å². The van der Waals surface area contributed by atoms with Crippen LogP contribution >= 0.6 is 0 Å². The fraction of sp³-hybridized carbons (Fsp3) is 0.250. The SMILES string of the molecule is CC=CC(=O)OCCc1ccccc1. The molecule has 0 aliphatic heterocycles. The van der Waals surface area contributed by atoms with Crippen molar-refractivity contribution in [1.29, 1.82) is 0 Å². The largest absolute Gasteiger partial charge is 0.462 e. The summed E-state index contributed by atoms with van der Waals surface area (Å²) in [5.74, 6) is -0.275. The van der Waals surface area contributed by atoms with E-state index in [1.807, 2.05) is 30.3 Å². The van der Waals surface area contributed by atoms with Crippen LogP contribution < -0.4 is 0 Å². The maximum absolute atomic E-state index is 10.9. The van der Waals surface area contributed by atoms with Crippen molar-refractivity contribution in [3.05, 3.63) is 48.0 Å². The smallest absolute Gasteiger partial charge is 0.330 e. The van der Waals surface area contributed by atoms with Gasteiger partial charge in [-0.15, -0.1) is 0 Å². The minimum absolute atomic E-state index is 0.275. The van der Waals surface area contributed by atoms with E-state index in [9.17, 15) is 4.79 Å². The number of carbonyl (C=O) groups excluding carboxylic acids is 1. The Kier molecular flexibility index (Phi) is 4.48. The molecule has 0 saturated heterocycles. The number of esters is 1. The van der Waals surface area contributed by atoms with Gasteiger partial charge in [0.15, 0.2) is 0 Å². The summed E-state index contributed by atoms with van der Waals surface area (Å²) in [5, 5.41) is 0. The molecule has 0 fully saturated rings. The van der Waals surface area contributed by atoms with E-state index in [0.717, 1.165) is 6.42 Å². The van der Waals surface area contributed by atoms with Gasteiger partial charge in [-0.25, -0.2) is 4.79 Å². The lowest BCUT2D eigenvalue weighted by Crippen LogP contribution is -2.04. The molecule has 0 aliphatic rings. The van der Waals surface area contributed by atoms with Gasteiger partial charge in [0.25, 0.3) is 0 Å². The van der Waals surface area contributed by atoms with E-state index >= 15 is 0 Å². The normalized spacial score (nSPS) is 10.4. The third kappa shape index (κ3) is 3.90. The highest BCUT2D eigenvalue weighted by molar-refractivity contribution is 5.81. The van der Waals surface area contributed by atoms with Gasteiger partial charge in [0.2, 0.25) is 0 Å². The highest BCUT2D eigenvalue weighted by Crippen LogP contribution is 1.99. The number of ether oxygens (including phenoxy) is 1. The van der Waals surface area contributed by atoms with Crippen LogP contribution in [0, 0.1) is 0 Å². The Morgan fingerprint density at radius 1 is 1.36 bits per heavy atom. The molecule has 0 saturated carbocycles. The fourth-order valence-electron chi connectivity index (χ4n) is 1.10. The Morgan fingerprint density at radius 3 is 2.71 bits per heavy atom. The first-order valence-corrected chi connectivity index (χ1v) is 4.66. The fourth-order valence-corrected chi connectivity index (χ4v) is 1.10. The molecule has 0 bridgehead atoms.